The molecule has 2 N–H and O–H groups in total. The maximum atomic E-state index is 13.7. The van der Waals surface area contributed by atoms with E-state index in [1.165, 1.54) is 6.07 Å². The quantitative estimate of drug-likeness (QED) is 0.688. The number of benzene rings is 2. The Labute approximate surface area is 119 Å². The molecule has 0 unspecified atom stereocenters. The van der Waals surface area contributed by atoms with Gasteiger partial charge < -0.3 is 5.73 Å². The molecule has 0 bridgehead atoms. The van der Waals surface area contributed by atoms with Crippen LogP contribution in [0.5, 0.6) is 0 Å². The molecule has 98 valence electrons. The number of nitrogens with two attached hydrogens (primary N) is 1. The predicted octanol–water partition coefficient (Wildman–Crippen LogP) is 3.90. The fourth-order valence-electron chi connectivity index (χ4n) is 1.75. The van der Waals surface area contributed by atoms with Crippen LogP contribution in [0, 0.1) is 12.7 Å². The minimum Gasteiger partial charge on any atom is -0.398 e. The maximum Gasteiger partial charge on any atom is 0.167 e. The van der Waals surface area contributed by atoms with Crippen LogP contribution < -0.4 is 5.73 Å². The van der Waals surface area contributed by atoms with E-state index < -0.39 is 0 Å². The van der Waals surface area contributed by atoms with Gasteiger partial charge in [-0.3, -0.25) is 4.79 Å². The zero-order valence-electron chi connectivity index (χ0n) is 10.4. The number of nitrogen functional groups attached to an aromatic ring is 1. The fraction of sp³-hybridized carbons (Fsp3) is 0.133. The molecule has 0 spiro atoms. The molecule has 4 heteroatoms. The first-order valence-corrected chi connectivity index (χ1v) is 6.60. The zero-order chi connectivity index (χ0) is 14.0. The maximum absolute atomic E-state index is 13.7. The van der Waals surface area contributed by atoms with E-state index in [1.54, 1.807) is 30.3 Å². The van der Waals surface area contributed by atoms with Crippen molar-refractivity contribution in [2.75, 3.05) is 5.73 Å². The van der Waals surface area contributed by atoms with Gasteiger partial charge in [0.25, 0.3) is 0 Å². The van der Waals surface area contributed by atoms with Crippen molar-refractivity contribution in [2.24, 2.45) is 0 Å². The second-order valence-corrected chi connectivity index (χ2v) is 5.32. The number of hydrogen-bond donors (Lipinski definition) is 1. The summed E-state index contributed by atoms with van der Waals surface area (Å²) in [4.78, 5) is 12.1. The lowest BCUT2D eigenvalue weighted by Gasteiger charge is -2.06. The largest absolute Gasteiger partial charge is 0.398 e. The lowest BCUT2D eigenvalue weighted by molar-refractivity contribution is 0.0992. The number of carbonyl (C=O) groups is 1. The van der Waals surface area contributed by atoms with Gasteiger partial charge in [0.15, 0.2) is 5.78 Å². The first-order valence-electron chi connectivity index (χ1n) is 5.80. The first-order chi connectivity index (χ1) is 8.97. The summed E-state index contributed by atoms with van der Waals surface area (Å²) in [6, 6.07) is 9.82. The van der Waals surface area contributed by atoms with Gasteiger partial charge in [0, 0.05) is 22.1 Å². The number of aryl methyl sites for hydroxylation is 1. The van der Waals surface area contributed by atoms with E-state index in [0.29, 0.717) is 21.3 Å². The van der Waals surface area contributed by atoms with E-state index in [-0.39, 0.29) is 18.0 Å². The Morgan fingerprint density at radius 3 is 2.63 bits per heavy atom. The van der Waals surface area contributed by atoms with Crippen LogP contribution in [0.15, 0.2) is 40.9 Å². The normalized spacial score (nSPS) is 10.5. The van der Waals surface area contributed by atoms with Gasteiger partial charge in [-0.05, 0) is 36.2 Å². The van der Waals surface area contributed by atoms with Crippen molar-refractivity contribution in [3.63, 3.8) is 0 Å². The molecule has 0 saturated heterocycles. The third-order valence-corrected chi connectivity index (χ3v) is 3.46. The molecular formula is C15H13BrFNO. The molecule has 0 amide bonds. The van der Waals surface area contributed by atoms with Gasteiger partial charge in [-0.1, -0.05) is 34.1 Å². The molecule has 0 saturated carbocycles. The Kier molecular flexibility index (Phi) is 4.00. The van der Waals surface area contributed by atoms with Gasteiger partial charge in [-0.25, -0.2) is 4.39 Å². The van der Waals surface area contributed by atoms with Crippen molar-refractivity contribution in [2.45, 2.75) is 13.3 Å². The van der Waals surface area contributed by atoms with Crippen molar-refractivity contribution in [1.29, 1.82) is 0 Å². The van der Waals surface area contributed by atoms with E-state index in [4.69, 9.17) is 5.73 Å². The molecule has 0 radical (unpaired) electrons. The monoisotopic (exact) mass is 321 g/mol. The molecule has 0 aliphatic heterocycles. The number of rotatable bonds is 3. The molecular weight excluding hydrogens is 309 g/mol. The van der Waals surface area contributed by atoms with E-state index >= 15 is 0 Å². The molecule has 0 atom stereocenters. The Morgan fingerprint density at radius 2 is 2.00 bits per heavy atom. The number of halogens is 2. The molecule has 0 aliphatic rings. The summed E-state index contributed by atoms with van der Waals surface area (Å²) >= 11 is 3.18. The van der Waals surface area contributed by atoms with Crippen molar-refractivity contribution >= 4 is 27.4 Å². The predicted molar refractivity (Wildman–Crippen MR) is 77.7 cm³/mol. The second kappa shape index (κ2) is 5.53. The zero-order valence-corrected chi connectivity index (χ0v) is 12.0. The minimum absolute atomic E-state index is 0.0294. The summed E-state index contributed by atoms with van der Waals surface area (Å²) in [5.41, 5.74) is 8.15. The average molecular weight is 322 g/mol. The van der Waals surface area contributed by atoms with Crippen LogP contribution in [-0.2, 0) is 6.42 Å². The molecule has 2 rings (SSSR count). The van der Waals surface area contributed by atoms with Crippen molar-refractivity contribution in [1.82, 2.24) is 0 Å². The average Bonchev–Trinajstić information content (AvgIpc) is 2.36. The number of carbonyl (C=O) groups excluding carboxylic acids is 1. The van der Waals surface area contributed by atoms with E-state index in [2.05, 4.69) is 15.9 Å². The Balaban J connectivity index is 2.23. The Morgan fingerprint density at radius 1 is 1.26 bits per heavy atom. The van der Waals surface area contributed by atoms with E-state index in [9.17, 15) is 9.18 Å². The highest BCUT2D eigenvalue weighted by molar-refractivity contribution is 9.10. The van der Waals surface area contributed by atoms with Gasteiger partial charge in [-0.15, -0.1) is 0 Å². The van der Waals surface area contributed by atoms with Gasteiger partial charge >= 0.3 is 0 Å². The molecule has 0 aliphatic carbocycles. The standard InChI is InChI=1S/C15H13BrFNO/c1-9-2-3-11(6-14(9)18)15(19)7-10-4-5-12(16)8-13(10)17/h2-6,8H,7,18H2,1H3. The summed E-state index contributed by atoms with van der Waals surface area (Å²) in [5.74, 6) is -0.532. The highest BCUT2D eigenvalue weighted by Gasteiger charge is 2.11. The van der Waals surface area contributed by atoms with Crippen LogP contribution >= 0.6 is 15.9 Å². The molecule has 2 aromatic rings. The van der Waals surface area contributed by atoms with Gasteiger partial charge in [0.1, 0.15) is 5.82 Å². The van der Waals surface area contributed by atoms with Crippen LogP contribution in [0.4, 0.5) is 10.1 Å². The molecule has 2 aromatic carbocycles. The van der Waals surface area contributed by atoms with Crippen LogP contribution in [0.25, 0.3) is 0 Å². The number of hydrogen-bond acceptors (Lipinski definition) is 2. The van der Waals surface area contributed by atoms with Gasteiger partial charge in [-0.2, -0.15) is 0 Å². The summed E-state index contributed by atoms with van der Waals surface area (Å²) in [6.45, 7) is 1.87. The Hall–Kier alpha value is -1.68. The van der Waals surface area contributed by atoms with Crippen molar-refractivity contribution in [3.8, 4) is 0 Å². The van der Waals surface area contributed by atoms with Crippen molar-refractivity contribution < 1.29 is 9.18 Å². The highest BCUT2D eigenvalue weighted by atomic mass is 79.9. The summed E-state index contributed by atoms with van der Waals surface area (Å²) in [6.07, 6.45) is 0.0294. The van der Waals surface area contributed by atoms with Crippen LogP contribution in [0.1, 0.15) is 21.5 Å². The number of anilines is 1. The fourth-order valence-corrected chi connectivity index (χ4v) is 2.09. The summed E-state index contributed by atoms with van der Waals surface area (Å²) in [5, 5.41) is 0. The van der Waals surface area contributed by atoms with Gasteiger partial charge in [0.2, 0.25) is 0 Å². The van der Waals surface area contributed by atoms with Crippen LogP contribution in [0.3, 0.4) is 0 Å². The molecule has 0 aromatic heterocycles. The SMILES string of the molecule is Cc1ccc(C(=O)Cc2ccc(Br)cc2F)cc1N. The third kappa shape index (κ3) is 3.20. The molecule has 0 fully saturated rings. The lowest BCUT2D eigenvalue weighted by atomic mass is 10.0. The highest BCUT2D eigenvalue weighted by Crippen LogP contribution is 2.19. The number of ketones is 1. The summed E-state index contributed by atoms with van der Waals surface area (Å²) in [7, 11) is 0. The van der Waals surface area contributed by atoms with Crippen LogP contribution in [-0.4, -0.2) is 5.78 Å². The number of Topliss-reactive ketones (excluding diaryl/α,β-unsaturated/α-hetero) is 1. The molecule has 0 heterocycles. The second-order valence-electron chi connectivity index (χ2n) is 4.41. The van der Waals surface area contributed by atoms with E-state index in [1.807, 2.05) is 6.92 Å². The first kappa shape index (κ1) is 13.7. The van der Waals surface area contributed by atoms with Gasteiger partial charge in [0.05, 0.1) is 0 Å². The molecule has 19 heavy (non-hydrogen) atoms. The topological polar surface area (TPSA) is 43.1 Å². The van der Waals surface area contributed by atoms with Crippen LogP contribution in [0.2, 0.25) is 0 Å². The van der Waals surface area contributed by atoms with Crippen molar-refractivity contribution in [3.05, 3.63) is 63.4 Å². The molecule has 2 nitrogen and oxygen atoms in total. The smallest absolute Gasteiger partial charge is 0.167 e. The van der Waals surface area contributed by atoms with E-state index in [0.717, 1.165) is 5.56 Å². The minimum atomic E-state index is -0.386. The third-order valence-electron chi connectivity index (χ3n) is 2.97. The lowest BCUT2D eigenvalue weighted by Crippen LogP contribution is -2.06. The Bertz CT molecular complexity index is 640. The summed E-state index contributed by atoms with van der Waals surface area (Å²) < 4.78 is 14.3.